The number of aromatic nitrogens is 2. The number of furan rings is 1. The van der Waals surface area contributed by atoms with Gasteiger partial charge in [0.15, 0.2) is 15.5 Å². The molecule has 1 aliphatic heterocycles. The molecule has 0 bridgehead atoms. The molecule has 1 unspecified atom stereocenters. The highest BCUT2D eigenvalue weighted by atomic mass is 35.5. The van der Waals surface area contributed by atoms with E-state index in [1.807, 2.05) is 0 Å². The van der Waals surface area contributed by atoms with Crippen LogP contribution in [-0.4, -0.2) is 61.4 Å². The lowest BCUT2D eigenvalue weighted by atomic mass is 10.2. The zero-order valence-corrected chi connectivity index (χ0v) is 16.6. The zero-order chi connectivity index (χ0) is 19.8. The fraction of sp³-hybridized carbons (Fsp3) is 0.400. The van der Waals surface area contributed by atoms with Crippen molar-refractivity contribution in [2.45, 2.75) is 24.2 Å². The van der Waals surface area contributed by atoms with Gasteiger partial charge in [-0.25, -0.2) is 26.8 Å². The van der Waals surface area contributed by atoms with Crippen LogP contribution in [0.5, 0.6) is 0 Å². The van der Waals surface area contributed by atoms with Crippen molar-refractivity contribution in [1.82, 2.24) is 14.9 Å². The van der Waals surface area contributed by atoms with E-state index in [-0.39, 0.29) is 35.2 Å². The van der Waals surface area contributed by atoms with Gasteiger partial charge in [-0.3, -0.25) is 4.79 Å². The Morgan fingerprint density at radius 2 is 2.19 bits per heavy atom. The standard InChI is InChI=1S/C15H16ClN3O6S2/c1-26(21,22)15-17-7-12(16)13(18-15)14(20)19(8-11-3-2-5-25-11)10-4-6-27(23,24)9-10/h2-3,5,7,10H,4,6,8-9H2,1H3. The highest BCUT2D eigenvalue weighted by Crippen LogP contribution is 2.24. The lowest BCUT2D eigenvalue weighted by Crippen LogP contribution is -2.41. The minimum absolute atomic E-state index is 0.000556. The first-order valence-electron chi connectivity index (χ1n) is 7.83. The van der Waals surface area contributed by atoms with Crippen LogP contribution in [0.3, 0.4) is 0 Å². The van der Waals surface area contributed by atoms with Gasteiger partial charge in [0.05, 0.1) is 35.5 Å². The van der Waals surface area contributed by atoms with Crippen LogP contribution in [0.15, 0.2) is 34.2 Å². The summed E-state index contributed by atoms with van der Waals surface area (Å²) in [6, 6.07) is 2.69. The summed E-state index contributed by atoms with van der Waals surface area (Å²) < 4.78 is 52.4. The van der Waals surface area contributed by atoms with Crippen LogP contribution in [0.4, 0.5) is 0 Å². The molecule has 146 valence electrons. The normalized spacial score (nSPS) is 19.1. The molecule has 2 aromatic heterocycles. The van der Waals surface area contributed by atoms with Crippen molar-refractivity contribution >= 4 is 37.2 Å². The maximum absolute atomic E-state index is 13.1. The fourth-order valence-electron chi connectivity index (χ4n) is 2.77. The number of sulfone groups is 2. The van der Waals surface area contributed by atoms with Crippen LogP contribution >= 0.6 is 11.6 Å². The summed E-state index contributed by atoms with van der Waals surface area (Å²) in [6.07, 6.45) is 3.64. The number of halogens is 1. The molecule has 0 spiro atoms. The molecule has 1 atom stereocenters. The lowest BCUT2D eigenvalue weighted by molar-refractivity contribution is 0.0659. The van der Waals surface area contributed by atoms with Crippen molar-refractivity contribution in [1.29, 1.82) is 0 Å². The molecule has 1 amide bonds. The van der Waals surface area contributed by atoms with Crippen molar-refractivity contribution in [3.8, 4) is 0 Å². The number of carbonyl (C=O) groups excluding carboxylic acids is 1. The average Bonchev–Trinajstić information content (AvgIpc) is 3.20. The van der Waals surface area contributed by atoms with Crippen LogP contribution in [0, 0.1) is 0 Å². The van der Waals surface area contributed by atoms with Gasteiger partial charge in [0.2, 0.25) is 15.0 Å². The van der Waals surface area contributed by atoms with Gasteiger partial charge in [0.1, 0.15) is 5.76 Å². The van der Waals surface area contributed by atoms with Crippen LogP contribution in [-0.2, 0) is 26.2 Å². The Hall–Kier alpha value is -1.98. The molecule has 12 heteroatoms. The van der Waals surface area contributed by atoms with E-state index in [1.165, 1.54) is 11.2 Å². The number of nitrogens with zero attached hydrogens (tertiary/aromatic N) is 3. The third kappa shape index (κ3) is 4.47. The first-order chi connectivity index (χ1) is 12.6. The molecule has 0 saturated carbocycles. The molecule has 1 fully saturated rings. The maximum Gasteiger partial charge on any atom is 0.274 e. The molecule has 0 radical (unpaired) electrons. The second-order valence-corrected chi connectivity index (χ2v) is 10.7. The number of carbonyl (C=O) groups is 1. The second-order valence-electron chi connectivity index (χ2n) is 6.19. The van der Waals surface area contributed by atoms with Gasteiger partial charge in [0.25, 0.3) is 5.91 Å². The van der Waals surface area contributed by atoms with Crippen molar-refractivity contribution in [3.63, 3.8) is 0 Å². The highest BCUT2D eigenvalue weighted by Gasteiger charge is 2.36. The Kier molecular flexibility index (Phi) is 5.28. The number of rotatable bonds is 5. The number of hydrogen-bond acceptors (Lipinski definition) is 8. The molecule has 3 heterocycles. The molecule has 9 nitrogen and oxygen atoms in total. The summed E-state index contributed by atoms with van der Waals surface area (Å²) in [4.78, 5) is 21.8. The Morgan fingerprint density at radius 3 is 2.74 bits per heavy atom. The van der Waals surface area contributed by atoms with Crippen molar-refractivity contribution in [2.24, 2.45) is 0 Å². The summed E-state index contributed by atoms with van der Waals surface area (Å²) in [7, 11) is -7.02. The van der Waals surface area contributed by atoms with Gasteiger partial charge in [-0.15, -0.1) is 0 Å². The third-order valence-electron chi connectivity index (χ3n) is 4.07. The van der Waals surface area contributed by atoms with Crippen LogP contribution in [0.25, 0.3) is 0 Å². The summed E-state index contributed by atoms with van der Waals surface area (Å²) in [6.45, 7) is 0.000556. The highest BCUT2D eigenvalue weighted by molar-refractivity contribution is 7.91. The monoisotopic (exact) mass is 433 g/mol. The largest absolute Gasteiger partial charge is 0.467 e. The van der Waals surface area contributed by atoms with E-state index in [1.54, 1.807) is 12.1 Å². The van der Waals surface area contributed by atoms with E-state index in [9.17, 15) is 21.6 Å². The predicted molar refractivity (Wildman–Crippen MR) is 95.8 cm³/mol. The molecular formula is C15H16ClN3O6S2. The van der Waals surface area contributed by atoms with Crippen molar-refractivity contribution in [3.05, 3.63) is 41.1 Å². The SMILES string of the molecule is CS(=O)(=O)c1ncc(Cl)c(C(=O)N(Cc2ccco2)C2CCS(=O)(=O)C2)n1. The van der Waals surface area contributed by atoms with Gasteiger partial charge in [-0.1, -0.05) is 11.6 Å². The van der Waals surface area contributed by atoms with Crippen molar-refractivity contribution < 1.29 is 26.0 Å². The smallest absolute Gasteiger partial charge is 0.274 e. The maximum atomic E-state index is 13.1. The van der Waals surface area contributed by atoms with Gasteiger partial charge >= 0.3 is 0 Å². The molecule has 0 N–H and O–H groups in total. The first-order valence-corrected chi connectivity index (χ1v) is 11.9. The van der Waals surface area contributed by atoms with E-state index < -0.39 is 36.8 Å². The fourth-order valence-corrected chi connectivity index (χ4v) is 5.18. The lowest BCUT2D eigenvalue weighted by Gasteiger charge is -2.27. The van der Waals surface area contributed by atoms with Gasteiger partial charge < -0.3 is 9.32 Å². The number of amides is 1. The predicted octanol–water partition coefficient (Wildman–Crippen LogP) is 0.956. The molecule has 0 aromatic carbocycles. The molecule has 0 aliphatic carbocycles. The number of hydrogen-bond donors (Lipinski definition) is 0. The minimum atomic E-state index is -3.75. The van der Waals surface area contributed by atoms with E-state index in [0.29, 0.717) is 5.76 Å². The topological polar surface area (TPSA) is 128 Å². The van der Waals surface area contributed by atoms with Crippen LogP contribution in [0.2, 0.25) is 5.02 Å². The quantitative estimate of drug-likeness (QED) is 0.637. The second kappa shape index (κ2) is 7.21. The summed E-state index contributed by atoms with van der Waals surface area (Å²) in [5.74, 6) is -0.473. The average molecular weight is 434 g/mol. The molecule has 1 saturated heterocycles. The molecular weight excluding hydrogens is 418 g/mol. The Bertz CT molecular complexity index is 1070. The molecule has 1 aliphatic rings. The zero-order valence-electron chi connectivity index (χ0n) is 14.2. The van der Waals surface area contributed by atoms with Gasteiger partial charge in [-0.2, -0.15) is 0 Å². The summed E-state index contributed by atoms with van der Waals surface area (Å²) in [5.41, 5.74) is -0.303. The van der Waals surface area contributed by atoms with Crippen molar-refractivity contribution in [2.75, 3.05) is 17.8 Å². The van der Waals surface area contributed by atoms with E-state index >= 15 is 0 Å². The molecule has 3 rings (SSSR count). The first kappa shape index (κ1) is 19.8. The van der Waals surface area contributed by atoms with Crippen LogP contribution in [0.1, 0.15) is 22.7 Å². The summed E-state index contributed by atoms with van der Waals surface area (Å²) in [5, 5.41) is -0.662. The Balaban J connectivity index is 2.00. The molecule has 2 aromatic rings. The Labute approximate surface area is 161 Å². The Morgan fingerprint density at radius 1 is 1.44 bits per heavy atom. The third-order valence-corrected chi connectivity index (χ3v) is 6.96. The van der Waals surface area contributed by atoms with E-state index in [0.717, 1.165) is 12.5 Å². The molecule has 27 heavy (non-hydrogen) atoms. The van der Waals surface area contributed by atoms with Gasteiger partial charge in [0, 0.05) is 12.3 Å². The van der Waals surface area contributed by atoms with Gasteiger partial charge in [-0.05, 0) is 18.6 Å². The van der Waals surface area contributed by atoms with E-state index in [2.05, 4.69) is 9.97 Å². The van der Waals surface area contributed by atoms with E-state index in [4.69, 9.17) is 16.0 Å². The summed E-state index contributed by atoms with van der Waals surface area (Å²) >= 11 is 6.02. The minimum Gasteiger partial charge on any atom is -0.467 e. The van der Waals surface area contributed by atoms with Crippen LogP contribution < -0.4 is 0 Å².